The zero-order valence-corrected chi connectivity index (χ0v) is 27.7. The van der Waals surface area contributed by atoms with E-state index in [4.69, 9.17) is 9.47 Å². The van der Waals surface area contributed by atoms with Gasteiger partial charge in [0.05, 0.1) is 24.8 Å². The minimum atomic E-state index is -4.26. The van der Waals surface area contributed by atoms with Gasteiger partial charge in [0.1, 0.15) is 12.6 Å². The van der Waals surface area contributed by atoms with Gasteiger partial charge in [0.2, 0.25) is 11.8 Å². The molecule has 242 valence electrons. The first-order valence-electron chi connectivity index (χ1n) is 15.5. The molecule has 4 rings (SSSR count). The highest BCUT2D eigenvalue weighted by atomic mass is 32.2. The summed E-state index contributed by atoms with van der Waals surface area (Å²) in [4.78, 5) is 29.5. The lowest BCUT2D eigenvalue weighted by Gasteiger charge is -2.34. The number of sulfonamides is 1. The summed E-state index contributed by atoms with van der Waals surface area (Å²) >= 11 is 0. The first kappa shape index (κ1) is 33.8. The molecular formula is C35H45N3O6S. The van der Waals surface area contributed by atoms with Crippen molar-refractivity contribution < 1.29 is 27.5 Å². The van der Waals surface area contributed by atoms with Crippen molar-refractivity contribution in [2.75, 3.05) is 25.1 Å². The lowest BCUT2D eigenvalue weighted by molar-refractivity contribution is -0.140. The summed E-state index contributed by atoms with van der Waals surface area (Å²) in [6.07, 6.45) is 5.49. The number of methoxy groups -OCH3 is 2. The number of hydrogen-bond donors (Lipinski definition) is 1. The maximum atomic E-state index is 14.4. The number of rotatable bonds is 13. The zero-order chi connectivity index (χ0) is 32.6. The first-order valence-corrected chi connectivity index (χ1v) is 17.0. The van der Waals surface area contributed by atoms with E-state index >= 15 is 0 Å². The van der Waals surface area contributed by atoms with Gasteiger partial charge >= 0.3 is 0 Å². The highest BCUT2D eigenvalue weighted by Crippen LogP contribution is 2.32. The highest BCUT2D eigenvalue weighted by Gasteiger charge is 2.34. The predicted molar refractivity (Wildman–Crippen MR) is 176 cm³/mol. The molecule has 1 atom stereocenters. The predicted octanol–water partition coefficient (Wildman–Crippen LogP) is 5.77. The van der Waals surface area contributed by atoms with Gasteiger partial charge in [0.15, 0.2) is 11.5 Å². The standard InChI is InChI=1S/C35H45N3O6S/c1-6-31(35(40)36-28-10-8-7-9-11-28)37(23-27-16-12-25(2)13-17-27)34(39)24-38(29-18-14-26(3)15-19-29)45(41,42)30-20-21-32(43-4)33(22-30)44-5/h12-22,28,31H,6-11,23-24H2,1-5H3,(H,36,40)/t31-/m0/s1. The number of amides is 2. The second kappa shape index (κ2) is 15.3. The van der Waals surface area contributed by atoms with Crippen LogP contribution in [0.4, 0.5) is 5.69 Å². The summed E-state index contributed by atoms with van der Waals surface area (Å²) in [7, 11) is -1.35. The van der Waals surface area contributed by atoms with E-state index in [1.54, 1.807) is 24.3 Å². The van der Waals surface area contributed by atoms with Crippen LogP contribution in [0.2, 0.25) is 0 Å². The number of hydrogen-bond acceptors (Lipinski definition) is 6. The number of ether oxygens (including phenoxy) is 2. The molecule has 0 saturated heterocycles. The monoisotopic (exact) mass is 635 g/mol. The van der Waals surface area contributed by atoms with Gasteiger partial charge in [-0.25, -0.2) is 8.42 Å². The Bertz CT molecular complexity index is 1550. The highest BCUT2D eigenvalue weighted by molar-refractivity contribution is 7.92. The van der Waals surface area contributed by atoms with Crippen LogP contribution in [0.25, 0.3) is 0 Å². The summed E-state index contributed by atoms with van der Waals surface area (Å²) < 4.78 is 40.3. The van der Waals surface area contributed by atoms with Crippen LogP contribution in [-0.4, -0.2) is 58.0 Å². The topological polar surface area (TPSA) is 105 Å². The molecule has 0 bridgehead atoms. The van der Waals surface area contributed by atoms with Crippen LogP contribution in [0.1, 0.15) is 62.1 Å². The number of carbonyl (C=O) groups is 2. The zero-order valence-electron chi connectivity index (χ0n) is 26.9. The first-order chi connectivity index (χ1) is 21.6. The molecule has 3 aromatic carbocycles. The Morgan fingerprint density at radius 2 is 1.47 bits per heavy atom. The second-order valence-corrected chi connectivity index (χ2v) is 13.5. The number of aryl methyl sites for hydroxylation is 2. The van der Waals surface area contributed by atoms with Gasteiger partial charge in [-0.15, -0.1) is 0 Å². The second-order valence-electron chi connectivity index (χ2n) is 11.6. The van der Waals surface area contributed by atoms with E-state index in [1.807, 2.05) is 45.0 Å². The molecular weight excluding hydrogens is 590 g/mol. The largest absolute Gasteiger partial charge is 0.493 e. The Morgan fingerprint density at radius 1 is 0.867 bits per heavy atom. The average Bonchev–Trinajstić information content (AvgIpc) is 3.04. The van der Waals surface area contributed by atoms with Crippen molar-refractivity contribution in [3.8, 4) is 11.5 Å². The fourth-order valence-corrected chi connectivity index (χ4v) is 7.13. The van der Waals surface area contributed by atoms with E-state index in [9.17, 15) is 18.0 Å². The van der Waals surface area contributed by atoms with Crippen molar-refractivity contribution >= 4 is 27.5 Å². The minimum absolute atomic E-state index is 0.0549. The molecule has 0 heterocycles. The molecule has 10 heteroatoms. The van der Waals surface area contributed by atoms with Gasteiger partial charge in [-0.3, -0.25) is 13.9 Å². The van der Waals surface area contributed by atoms with Crippen LogP contribution in [0.3, 0.4) is 0 Å². The molecule has 1 N–H and O–H groups in total. The van der Waals surface area contributed by atoms with E-state index in [2.05, 4.69) is 5.32 Å². The van der Waals surface area contributed by atoms with Gasteiger partial charge in [-0.2, -0.15) is 0 Å². The molecule has 2 amide bonds. The van der Waals surface area contributed by atoms with Gasteiger partial charge in [0.25, 0.3) is 10.0 Å². The molecule has 0 unspecified atom stereocenters. The number of nitrogens with zero attached hydrogens (tertiary/aromatic N) is 2. The number of nitrogens with one attached hydrogen (secondary N) is 1. The van der Waals surface area contributed by atoms with Crippen molar-refractivity contribution in [1.29, 1.82) is 0 Å². The van der Waals surface area contributed by atoms with Crippen molar-refractivity contribution in [2.45, 2.75) is 82.8 Å². The van der Waals surface area contributed by atoms with E-state index < -0.39 is 28.5 Å². The van der Waals surface area contributed by atoms with E-state index in [0.29, 0.717) is 17.9 Å². The third-order valence-corrected chi connectivity index (χ3v) is 10.1. The molecule has 0 aromatic heterocycles. The quantitative estimate of drug-likeness (QED) is 0.256. The van der Waals surface area contributed by atoms with Crippen LogP contribution >= 0.6 is 0 Å². The van der Waals surface area contributed by atoms with Crippen molar-refractivity contribution in [1.82, 2.24) is 10.2 Å². The van der Waals surface area contributed by atoms with Crippen LogP contribution in [0.5, 0.6) is 11.5 Å². The molecule has 1 fully saturated rings. The van der Waals surface area contributed by atoms with Gasteiger partial charge in [0, 0.05) is 18.7 Å². The summed E-state index contributed by atoms with van der Waals surface area (Å²) in [5, 5.41) is 3.18. The fraction of sp³-hybridized carbons (Fsp3) is 0.429. The van der Waals surface area contributed by atoms with E-state index in [-0.39, 0.29) is 29.1 Å². The molecule has 3 aromatic rings. The van der Waals surface area contributed by atoms with Gasteiger partial charge in [-0.1, -0.05) is 73.7 Å². The lowest BCUT2D eigenvalue weighted by atomic mass is 9.95. The normalized spacial score (nSPS) is 14.3. The van der Waals surface area contributed by atoms with E-state index in [1.165, 1.54) is 37.3 Å². The summed E-state index contributed by atoms with van der Waals surface area (Å²) in [5.41, 5.74) is 3.20. The Kier molecular flexibility index (Phi) is 11.5. The van der Waals surface area contributed by atoms with E-state index in [0.717, 1.165) is 53.1 Å². The molecule has 1 saturated carbocycles. The Morgan fingerprint density at radius 3 is 2.04 bits per heavy atom. The number of benzene rings is 3. The van der Waals surface area contributed by atoms with Crippen LogP contribution in [-0.2, 0) is 26.2 Å². The summed E-state index contributed by atoms with van der Waals surface area (Å²) in [6, 6.07) is 18.4. The third kappa shape index (κ3) is 8.36. The Labute approximate surface area is 267 Å². The lowest BCUT2D eigenvalue weighted by Crippen LogP contribution is -2.54. The molecule has 0 radical (unpaired) electrons. The average molecular weight is 636 g/mol. The maximum absolute atomic E-state index is 14.4. The van der Waals surface area contributed by atoms with Crippen LogP contribution < -0.4 is 19.1 Å². The van der Waals surface area contributed by atoms with Crippen molar-refractivity contribution in [3.63, 3.8) is 0 Å². The summed E-state index contributed by atoms with van der Waals surface area (Å²) in [6.45, 7) is 5.42. The fourth-order valence-electron chi connectivity index (χ4n) is 5.70. The molecule has 45 heavy (non-hydrogen) atoms. The third-order valence-electron chi connectivity index (χ3n) is 8.35. The molecule has 0 aliphatic heterocycles. The number of carbonyl (C=O) groups excluding carboxylic acids is 2. The Hall–Kier alpha value is -4.05. The van der Waals surface area contributed by atoms with Crippen LogP contribution in [0.15, 0.2) is 71.6 Å². The maximum Gasteiger partial charge on any atom is 0.264 e. The molecule has 9 nitrogen and oxygen atoms in total. The van der Waals surface area contributed by atoms with Crippen molar-refractivity contribution in [3.05, 3.63) is 83.4 Å². The SMILES string of the molecule is CC[C@@H](C(=O)NC1CCCCC1)N(Cc1ccc(C)cc1)C(=O)CN(c1ccc(C)cc1)S(=O)(=O)c1ccc(OC)c(OC)c1. The van der Waals surface area contributed by atoms with Crippen molar-refractivity contribution in [2.24, 2.45) is 0 Å². The molecule has 0 spiro atoms. The van der Waals surface area contributed by atoms with Crippen LogP contribution in [0, 0.1) is 13.8 Å². The smallest absolute Gasteiger partial charge is 0.264 e. The molecule has 1 aliphatic carbocycles. The van der Waals surface area contributed by atoms with Gasteiger partial charge < -0.3 is 19.7 Å². The Balaban J connectivity index is 1.73. The number of anilines is 1. The summed E-state index contributed by atoms with van der Waals surface area (Å²) in [5.74, 6) is -0.0611. The van der Waals surface area contributed by atoms with Gasteiger partial charge in [-0.05, 0) is 62.9 Å². The minimum Gasteiger partial charge on any atom is -0.493 e. The molecule has 1 aliphatic rings.